The molecule has 0 saturated carbocycles. The van der Waals surface area contributed by atoms with Crippen molar-refractivity contribution >= 4 is 11.3 Å². The maximum atomic E-state index is 10.7. The van der Waals surface area contributed by atoms with E-state index >= 15 is 0 Å². The highest BCUT2D eigenvalue weighted by Gasteiger charge is 2.06. The lowest BCUT2D eigenvalue weighted by Crippen LogP contribution is -2.06. The molecule has 0 atom stereocenters. The van der Waals surface area contributed by atoms with E-state index in [0.717, 1.165) is 11.1 Å². The third-order valence-electron chi connectivity index (χ3n) is 3.39. The highest BCUT2D eigenvalue weighted by molar-refractivity contribution is 5.77. The van der Waals surface area contributed by atoms with Crippen LogP contribution in [0.3, 0.4) is 0 Å². The van der Waals surface area contributed by atoms with Crippen molar-refractivity contribution in [1.29, 1.82) is 5.26 Å². The van der Waals surface area contributed by atoms with Crippen LogP contribution in [0.2, 0.25) is 0 Å². The van der Waals surface area contributed by atoms with Crippen molar-refractivity contribution in [3.05, 3.63) is 76.7 Å². The van der Waals surface area contributed by atoms with Crippen LogP contribution in [0.5, 0.6) is 0 Å². The van der Waals surface area contributed by atoms with Gasteiger partial charge in [0.1, 0.15) is 11.8 Å². The van der Waals surface area contributed by atoms with Gasteiger partial charge in [0.05, 0.1) is 17.9 Å². The zero-order valence-electron chi connectivity index (χ0n) is 12.8. The average Bonchev–Trinajstić information content (AvgIpc) is 2.57. The first kappa shape index (κ1) is 16.6. The molecule has 0 aliphatic rings. The maximum Gasteiger partial charge on any atom is 0.111 e. The van der Waals surface area contributed by atoms with Crippen LogP contribution in [0, 0.1) is 16.5 Å². The summed E-state index contributed by atoms with van der Waals surface area (Å²) in [4.78, 5) is 0. The predicted octanol–water partition coefficient (Wildman–Crippen LogP) is 3.89. The molecule has 5 heteroatoms. The molecule has 0 spiro atoms. The summed E-state index contributed by atoms with van der Waals surface area (Å²) in [7, 11) is 0. The zero-order valence-corrected chi connectivity index (χ0v) is 12.8. The van der Waals surface area contributed by atoms with Crippen molar-refractivity contribution in [2.75, 3.05) is 11.8 Å². The highest BCUT2D eigenvalue weighted by Crippen LogP contribution is 2.19. The lowest BCUT2D eigenvalue weighted by Gasteiger charge is -2.21. The van der Waals surface area contributed by atoms with Crippen LogP contribution in [-0.2, 0) is 11.2 Å². The molecule has 0 bridgehead atoms. The fourth-order valence-corrected chi connectivity index (χ4v) is 2.14. The third-order valence-corrected chi connectivity index (χ3v) is 3.39. The normalized spacial score (nSPS) is 11.4. The van der Waals surface area contributed by atoms with E-state index in [2.05, 4.69) is 6.07 Å². The van der Waals surface area contributed by atoms with E-state index in [4.69, 9.17) is 9.94 Å². The van der Waals surface area contributed by atoms with Gasteiger partial charge in [-0.2, -0.15) is 5.26 Å². The number of rotatable bonds is 6. The number of nitrogens with zero attached hydrogens (tertiary/aromatic N) is 2. The average molecular weight is 309 g/mol. The Hall–Kier alpha value is -2.81. The lowest BCUT2D eigenvalue weighted by molar-refractivity contribution is 0.220. The molecule has 2 aromatic rings. The topological polar surface area (TPSA) is 79.6 Å². The molecule has 0 radical (unpaired) electrons. The van der Waals surface area contributed by atoms with E-state index in [1.807, 2.05) is 30.3 Å². The van der Waals surface area contributed by atoms with Crippen LogP contribution >= 0.6 is 0 Å². The molecule has 5 nitrogen and oxygen atoms in total. The summed E-state index contributed by atoms with van der Waals surface area (Å²) in [6.45, 7) is 2.19. The highest BCUT2D eigenvalue weighted by atomic mass is 16.8. The summed E-state index contributed by atoms with van der Waals surface area (Å²) < 4.78 is 5.67. The molecule has 1 N–H and O–H groups in total. The van der Waals surface area contributed by atoms with Gasteiger partial charge in [-0.25, -0.2) is 0 Å². The second-order valence-electron chi connectivity index (χ2n) is 4.95. The summed E-state index contributed by atoms with van der Waals surface area (Å²) >= 11 is 0. The molecule has 0 amide bonds. The number of benzene rings is 2. The number of anilines is 1. The minimum atomic E-state index is -0.174. The summed E-state index contributed by atoms with van der Waals surface area (Å²) in [5, 5.41) is 28.6. The molecule has 0 aromatic heterocycles. The van der Waals surface area contributed by atoms with Crippen LogP contribution in [0.25, 0.3) is 5.57 Å². The van der Waals surface area contributed by atoms with Crippen molar-refractivity contribution in [1.82, 2.24) is 0 Å². The van der Waals surface area contributed by atoms with Gasteiger partial charge in [0, 0.05) is 6.42 Å². The molecule has 0 unspecified atom stereocenters. The second kappa shape index (κ2) is 7.99. The van der Waals surface area contributed by atoms with Gasteiger partial charge < -0.3 is 15.2 Å². The first-order chi connectivity index (χ1) is 11.1. The number of allylic oxidation sites excluding steroid dienone is 2. The molecule has 23 heavy (non-hydrogen) atoms. The Kier molecular flexibility index (Phi) is 5.75. The molecule has 118 valence electrons. The molecular weight excluding hydrogens is 292 g/mol. The van der Waals surface area contributed by atoms with E-state index in [1.165, 1.54) is 12.1 Å². The number of hydrogen-bond donors (Lipinski definition) is 1. The first-order valence-corrected chi connectivity index (χ1v) is 7.16. The quantitative estimate of drug-likeness (QED) is 0.497. The van der Waals surface area contributed by atoms with Gasteiger partial charge in [-0.15, -0.1) is 0 Å². The largest absolute Gasteiger partial charge is 0.733 e. The standard InChI is InChI=1S/C18H17N2O3/c1-14(18(13-19)16-5-3-2-4-6-16)23-12-11-15-7-9-17(10-8-15)20(21)22/h2-10,21H,11-12H2,1H3/q-1. The van der Waals surface area contributed by atoms with E-state index in [0.29, 0.717) is 24.4 Å². The van der Waals surface area contributed by atoms with Crippen molar-refractivity contribution in [3.63, 3.8) is 0 Å². The Morgan fingerprint density at radius 1 is 1.17 bits per heavy atom. The van der Waals surface area contributed by atoms with Gasteiger partial charge in [0.2, 0.25) is 0 Å². The molecule has 0 saturated heterocycles. The fraction of sp³-hybridized carbons (Fsp3) is 0.167. The van der Waals surface area contributed by atoms with Gasteiger partial charge in [-0.05, 0) is 30.2 Å². The molecular formula is C18H17N2O3-. The van der Waals surface area contributed by atoms with Gasteiger partial charge in [-0.3, -0.25) is 5.21 Å². The molecule has 0 fully saturated rings. The molecule has 0 aliphatic heterocycles. The summed E-state index contributed by atoms with van der Waals surface area (Å²) in [5.74, 6) is 0.580. The van der Waals surface area contributed by atoms with E-state index in [-0.39, 0.29) is 10.9 Å². The Balaban J connectivity index is 1.97. The SMILES string of the molecule is CC(OCCc1ccc(N([O-])O)cc1)=C(C#N)c1ccccc1. The Morgan fingerprint density at radius 3 is 2.39 bits per heavy atom. The zero-order chi connectivity index (χ0) is 16.7. The van der Waals surface area contributed by atoms with Crippen molar-refractivity contribution in [2.45, 2.75) is 13.3 Å². The minimum absolute atomic E-state index is 0.174. The van der Waals surface area contributed by atoms with Crippen molar-refractivity contribution in [3.8, 4) is 6.07 Å². The van der Waals surface area contributed by atoms with Crippen LogP contribution in [0.15, 0.2) is 60.4 Å². The van der Waals surface area contributed by atoms with E-state index in [9.17, 15) is 10.5 Å². The van der Waals surface area contributed by atoms with Gasteiger partial charge >= 0.3 is 0 Å². The number of hydrogen-bond acceptors (Lipinski definition) is 5. The monoisotopic (exact) mass is 309 g/mol. The van der Waals surface area contributed by atoms with Crippen molar-refractivity contribution in [2.24, 2.45) is 0 Å². The van der Waals surface area contributed by atoms with Crippen LogP contribution < -0.4 is 5.23 Å². The van der Waals surface area contributed by atoms with Crippen LogP contribution in [0.4, 0.5) is 5.69 Å². The summed E-state index contributed by atoms with van der Waals surface area (Å²) in [5.41, 5.74) is 2.50. The van der Waals surface area contributed by atoms with Crippen molar-refractivity contribution < 1.29 is 9.94 Å². The van der Waals surface area contributed by atoms with Gasteiger partial charge in [0.15, 0.2) is 0 Å². The molecule has 0 aliphatic carbocycles. The van der Waals surface area contributed by atoms with Crippen LogP contribution in [-0.4, -0.2) is 11.8 Å². The summed E-state index contributed by atoms with van der Waals surface area (Å²) in [6.07, 6.45) is 0.634. The second-order valence-corrected chi connectivity index (χ2v) is 4.95. The van der Waals surface area contributed by atoms with E-state index in [1.54, 1.807) is 19.1 Å². The molecule has 2 rings (SSSR count). The van der Waals surface area contributed by atoms with Gasteiger partial charge in [0.25, 0.3) is 0 Å². The predicted molar refractivity (Wildman–Crippen MR) is 88.4 cm³/mol. The molecule has 2 aromatic carbocycles. The Bertz CT molecular complexity index is 701. The molecule has 0 heterocycles. The lowest BCUT2D eigenvalue weighted by atomic mass is 10.1. The maximum absolute atomic E-state index is 10.7. The Morgan fingerprint density at radius 2 is 1.83 bits per heavy atom. The minimum Gasteiger partial charge on any atom is -0.733 e. The number of ether oxygens (including phenoxy) is 1. The van der Waals surface area contributed by atoms with Crippen LogP contribution in [0.1, 0.15) is 18.1 Å². The summed E-state index contributed by atoms with van der Waals surface area (Å²) in [6, 6.07) is 18.1. The fourth-order valence-electron chi connectivity index (χ4n) is 2.14. The number of nitriles is 1. The smallest absolute Gasteiger partial charge is 0.111 e. The first-order valence-electron chi connectivity index (χ1n) is 7.16. The third kappa shape index (κ3) is 4.58. The van der Waals surface area contributed by atoms with Gasteiger partial charge in [-0.1, -0.05) is 42.5 Å². The Labute approximate surface area is 135 Å². The van der Waals surface area contributed by atoms with E-state index < -0.39 is 0 Å².